The zero-order chi connectivity index (χ0) is 19.9. The molecule has 0 radical (unpaired) electrons. The van der Waals surface area contributed by atoms with Crippen LogP contribution in [0.25, 0.3) is 0 Å². The second-order valence-corrected chi connectivity index (χ2v) is 6.91. The van der Waals surface area contributed by atoms with Gasteiger partial charge in [0.2, 0.25) is 0 Å². The van der Waals surface area contributed by atoms with E-state index in [-0.39, 0.29) is 24.4 Å². The highest BCUT2D eigenvalue weighted by molar-refractivity contribution is 5.97. The van der Waals surface area contributed by atoms with E-state index in [0.717, 1.165) is 49.7 Å². The number of nitrogens with one attached hydrogen (secondary N) is 1. The van der Waals surface area contributed by atoms with Crippen LogP contribution >= 0.6 is 0 Å². The number of benzene rings is 1. The van der Waals surface area contributed by atoms with Crippen molar-refractivity contribution in [1.82, 2.24) is 10.2 Å². The van der Waals surface area contributed by atoms with E-state index < -0.39 is 0 Å². The molecule has 152 valence electrons. The summed E-state index contributed by atoms with van der Waals surface area (Å²) in [5.41, 5.74) is 0.827. The summed E-state index contributed by atoms with van der Waals surface area (Å²) < 4.78 is 10.3. The number of likely N-dealkylation sites (tertiary alicyclic amines) is 1. The van der Waals surface area contributed by atoms with Gasteiger partial charge in [0.25, 0.3) is 5.91 Å². The van der Waals surface area contributed by atoms with E-state index in [0.29, 0.717) is 13.1 Å². The van der Waals surface area contributed by atoms with Gasteiger partial charge in [-0.25, -0.2) is 0 Å². The molecule has 2 aliphatic heterocycles. The Bertz CT molecular complexity index is 729. The summed E-state index contributed by atoms with van der Waals surface area (Å²) in [4.78, 5) is 32.2. The molecular weight excluding hydrogens is 360 g/mol. The fourth-order valence-electron chi connectivity index (χ4n) is 3.66. The lowest BCUT2D eigenvalue weighted by atomic mass is 9.97. The van der Waals surface area contributed by atoms with Gasteiger partial charge in [-0.15, -0.1) is 0 Å². The molecule has 0 aliphatic carbocycles. The molecule has 0 saturated carbocycles. The topological polar surface area (TPSA) is 83.5 Å². The second kappa shape index (κ2) is 9.43. The monoisotopic (exact) mass is 388 g/mol. The summed E-state index contributed by atoms with van der Waals surface area (Å²) in [5.74, 6) is 1.41. The highest BCUT2D eigenvalue weighted by Gasteiger charge is 2.27. The maximum absolute atomic E-state index is 12.2. The number of carbonyl (C=O) groups excluding carboxylic acids is 2. The molecule has 28 heavy (non-hydrogen) atoms. The number of aliphatic imine (C=N–C) groups is 1. The van der Waals surface area contributed by atoms with Crippen LogP contribution in [0.3, 0.4) is 0 Å². The van der Waals surface area contributed by atoms with Crippen molar-refractivity contribution >= 4 is 23.5 Å². The number of amides is 1. The van der Waals surface area contributed by atoms with Gasteiger partial charge in [-0.05, 0) is 31.4 Å². The number of carbonyl (C=O) groups is 2. The molecule has 0 spiro atoms. The summed E-state index contributed by atoms with van der Waals surface area (Å²) in [5, 5.41) is 3.37. The Labute approximate surface area is 165 Å². The molecule has 0 bridgehead atoms. The lowest BCUT2D eigenvalue weighted by Gasteiger charge is -2.33. The number of guanidine groups is 1. The SMILES string of the molecule is CN=C(NCCCN1C(=O)COc2ccccc21)N1CCC(C(=O)OC)CC1. The number of fused-ring (bicyclic) bond motifs is 1. The molecule has 1 saturated heterocycles. The molecule has 2 aliphatic rings. The van der Waals surface area contributed by atoms with Crippen LogP contribution < -0.4 is 15.0 Å². The van der Waals surface area contributed by atoms with Crippen LogP contribution in [0.2, 0.25) is 0 Å². The Morgan fingerprint density at radius 1 is 1.32 bits per heavy atom. The van der Waals surface area contributed by atoms with Gasteiger partial charge in [0.1, 0.15) is 5.75 Å². The molecule has 0 unspecified atom stereocenters. The lowest BCUT2D eigenvalue weighted by molar-refractivity contribution is -0.146. The first kappa shape index (κ1) is 20.0. The number of ether oxygens (including phenoxy) is 2. The third kappa shape index (κ3) is 4.55. The molecule has 0 aromatic heterocycles. The van der Waals surface area contributed by atoms with Crippen molar-refractivity contribution in [2.45, 2.75) is 19.3 Å². The predicted octanol–water partition coefficient (Wildman–Crippen LogP) is 1.26. The van der Waals surface area contributed by atoms with Crippen molar-refractivity contribution in [1.29, 1.82) is 0 Å². The largest absolute Gasteiger partial charge is 0.482 e. The standard InChI is InChI=1S/C20H28N4O4/c1-21-20(23-12-8-15(9-13-23)19(26)27-2)22-10-5-11-24-16-6-3-4-7-17(16)28-14-18(24)25/h3-4,6-7,15H,5,8-14H2,1-2H3,(H,21,22). The lowest BCUT2D eigenvalue weighted by Crippen LogP contribution is -2.47. The zero-order valence-electron chi connectivity index (χ0n) is 16.5. The van der Waals surface area contributed by atoms with Gasteiger partial charge in [0.15, 0.2) is 12.6 Å². The van der Waals surface area contributed by atoms with Crippen LogP contribution in [-0.2, 0) is 14.3 Å². The number of rotatable bonds is 5. The van der Waals surface area contributed by atoms with E-state index in [9.17, 15) is 9.59 Å². The van der Waals surface area contributed by atoms with E-state index in [1.54, 1.807) is 11.9 Å². The van der Waals surface area contributed by atoms with Gasteiger partial charge in [-0.3, -0.25) is 14.6 Å². The van der Waals surface area contributed by atoms with Gasteiger partial charge in [0.05, 0.1) is 18.7 Å². The number of para-hydroxylation sites is 2. The number of methoxy groups -OCH3 is 1. The van der Waals surface area contributed by atoms with Gasteiger partial charge in [0, 0.05) is 33.2 Å². The van der Waals surface area contributed by atoms with Gasteiger partial charge >= 0.3 is 5.97 Å². The van der Waals surface area contributed by atoms with Crippen LogP contribution in [0.1, 0.15) is 19.3 Å². The molecule has 1 fully saturated rings. The van der Waals surface area contributed by atoms with Crippen molar-refractivity contribution < 1.29 is 19.1 Å². The van der Waals surface area contributed by atoms with Crippen LogP contribution in [-0.4, -0.2) is 69.7 Å². The van der Waals surface area contributed by atoms with Gasteiger partial charge in [-0.1, -0.05) is 12.1 Å². The minimum Gasteiger partial charge on any atom is -0.482 e. The molecule has 3 rings (SSSR count). The highest BCUT2D eigenvalue weighted by Crippen LogP contribution is 2.31. The summed E-state index contributed by atoms with van der Waals surface area (Å²) in [6.45, 7) is 2.95. The maximum Gasteiger partial charge on any atom is 0.308 e. The number of hydrogen-bond acceptors (Lipinski definition) is 5. The van der Waals surface area contributed by atoms with E-state index in [2.05, 4.69) is 15.2 Å². The van der Waals surface area contributed by atoms with E-state index in [1.165, 1.54) is 7.11 Å². The Kier molecular flexibility index (Phi) is 6.73. The Hall–Kier alpha value is -2.77. The average molecular weight is 388 g/mol. The second-order valence-electron chi connectivity index (χ2n) is 6.91. The average Bonchev–Trinajstić information content (AvgIpc) is 2.74. The fourth-order valence-corrected chi connectivity index (χ4v) is 3.66. The third-order valence-corrected chi connectivity index (χ3v) is 5.19. The van der Waals surface area contributed by atoms with Crippen LogP contribution in [0.5, 0.6) is 5.75 Å². The van der Waals surface area contributed by atoms with E-state index in [1.807, 2.05) is 24.3 Å². The molecule has 8 nitrogen and oxygen atoms in total. The van der Waals surface area contributed by atoms with Crippen molar-refractivity contribution in [2.75, 3.05) is 51.8 Å². The predicted molar refractivity (Wildman–Crippen MR) is 107 cm³/mol. The number of anilines is 1. The van der Waals surface area contributed by atoms with Crippen LogP contribution in [0.15, 0.2) is 29.3 Å². The highest BCUT2D eigenvalue weighted by atomic mass is 16.5. The van der Waals surface area contributed by atoms with Crippen LogP contribution in [0.4, 0.5) is 5.69 Å². The molecule has 1 amide bonds. The summed E-state index contributed by atoms with van der Waals surface area (Å²) >= 11 is 0. The molecular formula is C20H28N4O4. The van der Waals surface area contributed by atoms with Crippen molar-refractivity contribution in [2.24, 2.45) is 10.9 Å². The fraction of sp³-hybridized carbons (Fsp3) is 0.550. The maximum atomic E-state index is 12.2. The van der Waals surface area contributed by atoms with E-state index in [4.69, 9.17) is 9.47 Å². The molecule has 1 aromatic rings. The summed E-state index contributed by atoms with van der Waals surface area (Å²) in [7, 11) is 3.20. The first-order valence-corrected chi connectivity index (χ1v) is 9.69. The minimum absolute atomic E-state index is 0.0204. The van der Waals surface area contributed by atoms with Gasteiger partial charge in [-0.2, -0.15) is 0 Å². The minimum atomic E-state index is -0.127. The van der Waals surface area contributed by atoms with Crippen molar-refractivity contribution in [3.63, 3.8) is 0 Å². The number of hydrogen-bond donors (Lipinski definition) is 1. The van der Waals surface area contributed by atoms with Crippen LogP contribution in [0, 0.1) is 5.92 Å². The Morgan fingerprint density at radius 2 is 2.07 bits per heavy atom. The number of esters is 1. The summed E-state index contributed by atoms with van der Waals surface area (Å²) in [6, 6.07) is 7.60. The number of piperidine rings is 1. The molecule has 1 N–H and O–H groups in total. The van der Waals surface area contributed by atoms with Gasteiger partial charge < -0.3 is 24.6 Å². The third-order valence-electron chi connectivity index (χ3n) is 5.19. The molecule has 0 atom stereocenters. The first-order valence-electron chi connectivity index (χ1n) is 9.69. The Morgan fingerprint density at radius 3 is 2.79 bits per heavy atom. The zero-order valence-corrected chi connectivity index (χ0v) is 16.5. The molecule has 2 heterocycles. The molecule has 1 aromatic carbocycles. The first-order chi connectivity index (χ1) is 13.6. The van der Waals surface area contributed by atoms with E-state index >= 15 is 0 Å². The smallest absolute Gasteiger partial charge is 0.308 e. The number of nitrogens with zero attached hydrogens (tertiary/aromatic N) is 3. The Balaban J connectivity index is 1.46. The summed E-state index contributed by atoms with van der Waals surface area (Å²) in [6.07, 6.45) is 2.33. The van der Waals surface area contributed by atoms with Crippen molar-refractivity contribution in [3.05, 3.63) is 24.3 Å². The molecule has 8 heteroatoms. The quantitative estimate of drug-likeness (QED) is 0.354. The van der Waals surface area contributed by atoms with Crippen molar-refractivity contribution in [3.8, 4) is 5.75 Å². The normalized spacial score (nSPS) is 17.8.